The summed E-state index contributed by atoms with van der Waals surface area (Å²) < 4.78 is 15.6. The van der Waals surface area contributed by atoms with Gasteiger partial charge >= 0.3 is 0 Å². The van der Waals surface area contributed by atoms with Crippen LogP contribution in [0.1, 0.15) is 12.5 Å². The number of carbonyl (C=O) groups excluding carboxylic acids is 3. The molecule has 2 N–H and O–H groups in total. The van der Waals surface area contributed by atoms with Crippen LogP contribution in [0.5, 0.6) is 17.2 Å². The fraction of sp³-hybridized carbons (Fsp3) is 0.167. The summed E-state index contributed by atoms with van der Waals surface area (Å²) in [5, 5.41) is 5.47. The SMILES string of the molecule is COc1ccc(NC(=O)/C(=C/N2C(=O)/C(=C/c3ccc(OC)c(OC)c3)NC2=S)C(C)=O)cc1. The minimum atomic E-state index is -0.675. The second-order valence-corrected chi connectivity index (χ2v) is 7.45. The molecule has 1 saturated heterocycles. The van der Waals surface area contributed by atoms with Crippen molar-refractivity contribution in [3.05, 3.63) is 65.5 Å². The number of carbonyl (C=O) groups is 3. The molecule has 1 aliphatic heterocycles. The number of hydrogen-bond donors (Lipinski definition) is 2. The lowest BCUT2D eigenvalue weighted by Gasteiger charge is -2.12. The topological polar surface area (TPSA) is 106 Å². The maximum absolute atomic E-state index is 13.0. The molecular formula is C24H23N3O6S. The Morgan fingerprint density at radius 3 is 2.26 bits per heavy atom. The highest BCUT2D eigenvalue weighted by Gasteiger charge is 2.31. The van der Waals surface area contributed by atoms with Crippen molar-refractivity contribution in [1.82, 2.24) is 10.2 Å². The Kier molecular flexibility index (Phi) is 7.64. The van der Waals surface area contributed by atoms with Crippen LogP contribution in [0.25, 0.3) is 6.08 Å². The molecule has 1 aliphatic rings. The number of nitrogens with one attached hydrogen (secondary N) is 2. The minimum Gasteiger partial charge on any atom is -0.497 e. The first-order chi connectivity index (χ1) is 16.3. The number of anilines is 1. The minimum absolute atomic E-state index is 0.0349. The van der Waals surface area contributed by atoms with E-state index in [1.807, 2.05) is 0 Å². The molecule has 3 rings (SSSR count). The Morgan fingerprint density at radius 2 is 1.68 bits per heavy atom. The summed E-state index contributed by atoms with van der Waals surface area (Å²) in [6, 6.07) is 11.7. The third-order valence-electron chi connectivity index (χ3n) is 4.86. The van der Waals surface area contributed by atoms with Crippen molar-refractivity contribution in [2.75, 3.05) is 26.6 Å². The molecule has 0 bridgehead atoms. The Hall–Kier alpha value is -4.18. The molecule has 2 amide bonds. The van der Waals surface area contributed by atoms with E-state index in [4.69, 9.17) is 26.4 Å². The van der Waals surface area contributed by atoms with Gasteiger partial charge in [0.05, 0.1) is 26.9 Å². The van der Waals surface area contributed by atoms with Gasteiger partial charge in [0, 0.05) is 11.9 Å². The van der Waals surface area contributed by atoms with Gasteiger partial charge in [-0.15, -0.1) is 0 Å². The van der Waals surface area contributed by atoms with Crippen molar-refractivity contribution < 1.29 is 28.6 Å². The molecule has 1 heterocycles. The molecule has 0 atom stereocenters. The molecule has 0 aliphatic carbocycles. The third-order valence-corrected chi connectivity index (χ3v) is 5.16. The average Bonchev–Trinajstić information content (AvgIpc) is 3.09. The summed E-state index contributed by atoms with van der Waals surface area (Å²) in [5.74, 6) is -0.0615. The van der Waals surface area contributed by atoms with Crippen LogP contribution in [0, 0.1) is 0 Å². The first kappa shape index (κ1) is 24.5. The lowest BCUT2D eigenvalue weighted by atomic mass is 10.1. The average molecular weight is 482 g/mol. The van der Waals surface area contributed by atoms with Gasteiger partial charge in [-0.05, 0) is 67.2 Å². The van der Waals surface area contributed by atoms with Gasteiger partial charge in [0.1, 0.15) is 11.4 Å². The van der Waals surface area contributed by atoms with E-state index in [-0.39, 0.29) is 16.4 Å². The largest absolute Gasteiger partial charge is 0.497 e. The Bertz CT molecular complexity index is 1200. The summed E-state index contributed by atoms with van der Waals surface area (Å²) >= 11 is 5.25. The fourth-order valence-electron chi connectivity index (χ4n) is 3.09. The summed E-state index contributed by atoms with van der Waals surface area (Å²) in [6.07, 6.45) is 2.71. The standard InChI is InChI=1S/C24H23N3O6S/c1-14(28)18(22(29)25-16-6-8-17(31-2)9-7-16)13-27-23(30)19(26-24(27)34)11-15-5-10-20(32-3)21(12-15)33-4/h5-13H,1-4H3,(H,25,29)(H,26,34)/b18-13+,19-11-. The van der Waals surface area contributed by atoms with Crippen LogP contribution >= 0.6 is 12.2 Å². The number of amides is 2. The van der Waals surface area contributed by atoms with Gasteiger partial charge in [0.15, 0.2) is 22.4 Å². The summed E-state index contributed by atoms with van der Waals surface area (Å²) in [5.41, 5.74) is 1.05. The van der Waals surface area contributed by atoms with Crippen LogP contribution in [-0.2, 0) is 14.4 Å². The summed E-state index contributed by atoms with van der Waals surface area (Å²) in [6.45, 7) is 1.23. The Balaban J connectivity index is 1.84. The Morgan fingerprint density at radius 1 is 1.00 bits per heavy atom. The van der Waals surface area contributed by atoms with E-state index in [1.54, 1.807) is 48.5 Å². The zero-order valence-corrected chi connectivity index (χ0v) is 19.8. The second kappa shape index (κ2) is 10.6. The number of rotatable bonds is 8. The summed E-state index contributed by atoms with van der Waals surface area (Å²) in [7, 11) is 4.57. The van der Waals surface area contributed by atoms with E-state index in [9.17, 15) is 14.4 Å². The molecule has 9 nitrogen and oxygen atoms in total. The lowest BCUT2D eigenvalue weighted by molar-refractivity contribution is -0.120. The van der Waals surface area contributed by atoms with Crippen molar-refractivity contribution >= 4 is 46.7 Å². The molecule has 0 saturated carbocycles. The highest BCUT2D eigenvalue weighted by atomic mass is 32.1. The van der Waals surface area contributed by atoms with Crippen molar-refractivity contribution in [2.45, 2.75) is 6.92 Å². The molecule has 1 fully saturated rings. The molecule has 176 valence electrons. The number of Topliss-reactive ketones (excluding diaryl/α,β-unsaturated/α-hetero) is 1. The molecule has 34 heavy (non-hydrogen) atoms. The molecule has 0 spiro atoms. The van der Waals surface area contributed by atoms with Crippen LogP contribution in [0.2, 0.25) is 0 Å². The quantitative estimate of drug-likeness (QED) is 0.257. The van der Waals surface area contributed by atoms with Gasteiger partial charge in [-0.25, -0.2) is 0 Å². The second-order valence-electron chi connectivity index (χ2n) is 7.06. The van der Waals surface area contributed by atoms with Gasteiger partial charge in [0.25, 0.3) is 11.8 Å². The van der Waals surface area contributed by atoms with Gasteiger partial charge < -0.3 is 24.8 Å². The molecule has 0 radical (unpaired) electrons. The van der Waals surface area contributed by atoms with Crippen LogP contribution in [0.3, 0.4) is 0 Å². The number of ether oxygens (including phenoxy) is 3. The molecule has 2 aromatic rings. The predicted molar refractivity (Wildman–Crippen MR) is 130 cm³/mol. The van der Waals surface area contributed by atoms with Crippen molar-refractivity contribution in [1.29, 1.82) is 0 Å². The van der Waals surface area contributed by atoms with Crippen LogP contribution < -0.4 is 24.8 Å². The van der Waals surface area contributed by atoms with Gasteiger partial charge in [-0.2, -0.15) is 0 Å². The first-order valence-corrected chi connectivity index (χ1v) is 10.4. The van der Waals surface area contributed by atoms with Gasteiger partial charge in [0.2, 0.25) is 0 Å². The number of benzene rings is 2. The predicted octanol–water partition coefficient (Wildman–Crippen LogP) is 2.88. The van der Waals surface area contributed by atoms with Gasteiger partial charge in [-0.3, -0.25) is 19.3 Å². The number of thiocarbonyl (C=S) groups is 1. The van der Waals surface area contributed by atoms with Crippen molar-refractivity contribution in [3.8, 4) is 17.2 Å². The molecule has 10 heteroatoms. The third kappa shape index (κ3) is 5.41. The van der Waals surface area contributed by atoms with E-state index in [1.165, 1.54) is 28.3 Å². The van der Waals surface area contributed by atoms with Crippen LogP contribution in [0.4, 0.5) is 5.69 Å². The number of hydrogen-bond acceptors (Lipinski definition) is 7. The van der Waals surface area contributed by atoms with E-state index >= 15 is 0 Å². The molecule has 2 aromatic carbocycles. The highest BCUT2D eigenvalue weighted by Crippen LogP contribution is 2.29. The lowest BCUT2D eigenvalue weighted by Crippen LogP contribution is -2.29. The van der Waals surface area contributed by atoms with E-state index in [2.05, 4.69) is 10.6 Å². The normalized spacial score (nSPS) is 14.6. The van der Waals surface area contributed by atoms with E-state index < -0.39 is 17.6 Å². The maximum atomic E-state index is 13.0. The van der Waals surface area contributed by atoms with Crippen LogP contribution in [0.15, 0.2) is 59.9 Å². The molecular weight excluding hydrogens is 458 g/mol. The number of ketones is 1. The summed E-state index contributed by atoms with van der Waals surface area (Å²) in [4.78, 5) is 38.9. The monoisotopic (exact) mass is 481 g/mol. The number of nitrogens with zero attached hydrogens (tertiary/aromatic N) is 1. The smallest absolute Gasteiger partial charge is 0.280 e. The Labute approximate surface area is 202 Å². The van der Waals surface area contributed by atoms with Crippen LogP contribution in [-0.4, -0.2) is 48.9 Å². The van der Waals surface area contributed by atoms with E-state index in [0.29, 0.717) is 28.5 Å². The van der Waals surface area contributed by atoms with E-state index in [0.717, 1.165) is 11.1 Å². The van der Waals surface area contributed by atoms with Crippen molar-refractivity contribution in [2.24, 2.45) is 0 Å². The first-order valence-electron chi connectivity index (χ1n) is 10.0. The van der Waals surface area contributed by atoms with Gasteiger partial charge in [-0.1, -0.05) is 6.07 Å². The zero-order valence-electron chi connectivity index (χ0n) is 19.0. The zero-order chi connectivity index (χ0) is 24.8. The number of methoxy groups -OCH3 is 3. The highest BCUT2D eigenvalue weighted by molar-refractivity contribution is 7.80. The fourth-order valence-corrected chi connectivity index (χ4v) is 3.33. The molecule has 0 unspecified atom stereocenters. The molecule has 0 aromatic heterocycles. The van der Waals surface area contributed by atoms with Crippen molar-refractivity contribution in [3.63, 3.8) is 0 Å². The maximum Gasteiger partial charge on any atom is 0.280 e.